The van der Waals surface area contributed by atoms with Crippen LogP contribution in [0, 0.1) is 5.82 Å². The Morgan fingerprint density at radius 3 is 3.12 bits per heavy atom. The summed E-state index contributed by atoms with van der Waals surface area (Å²) in [5.41, 5.74) is 0.161. The lowest BCUT2D eigenvalue weighted by atomic mass is 10.2. The summed E-state index contributed by atoms with van der Waals surface area (Å²) in [7, 11) is 0. The third kappa shape index (κ3) is 2.48. The van der Waals surface area contributed by atoms with E-state index in [-0.39, 0.29) is 22.7 Å². The first-order chi connectivity index (χ1) is 7.66. The molecule has 6 heteroatoms. The number of nitrogens with zero attached hydrogens (tertiary/aromatic N) is 1. The zero-order valence-electron chi connectivity index (χ0n) is 8.37. The van der Waals surface area contributed by atoms with E-state index in [0.29, 0.717) is 13.2 Å². The molecular weight excluding hydrogens is 235 g/mol. The van der Waals surface area contributed by atoms with Crippen LogP contribution in [-0.4, -0.2) is 30.1 Å². The molecular formula is C10H10ClFN2O2. The average Bonchev–Trinajstić information content (AvgIpc) is 2.74. The van der Waals surface area contributed by atoms with Gasteiger partial charge in [0.25, 0.3) is 5.91 Å². The van der Waals surface area contributed by atoms with Gasteiger partial charge in [-0.1, -0.05) is 11.6 Å². The SMILES string of the molecule is O=C(NC1CCOC1)c1cnc(Cl)c(F)c1. The molecule has 0 saturated carbocycles. The Labute approximate surface area is 96.8 Å². The minimum Gasteiger partial charge on any atom is -0.379 e. The minimum atomic E-state index is -0.697. The molecule has 1 aliphatic heterocycles. The van der Waals surface area contributed by atoms with Crippen molar-refractivity contribution in [2.24, 2.45) is 0 Å². The molecule has 16 heavy (non-hydrogen) atoms. The second-order valence-corrected chi connectivity index (χ2v) is 3.89. The first-order valence-electron chi connectivity index (χ1n) is 4.86. The topological polar surface area (TPSA) is 51.2 Å². The minimum absolute atomic E-state index is 0.00811. The summed E-state index contributed by atoms with van der Waals surface area (Å²) in [6.45, 7) is 1.13. The highest BCUT2D eigenvalue weighted by Crippen LogP contribution is 2.12. The summed E-state index contributed by atoms with van der Waals surface area (Å²) < 4.78 is 18.2. The molecule has 1 fully saturated rings. The van der Waals surface area contributed by atoms with Crippen molar-refractivity contribution in [1.82, 2.24) is 10.3 Å². The molecule has 0 aliphatic carbocycles. The van der Waals surface area contributed by atoms with E-state index in [0.717, 1.165) is 12.5 Å². The Balaban J connectivity index is 2.05. The Morgan fingerprint density at radius 2 is 2.50 bits per heavy atom. The number of carbonyl (C=O) groups excluding carboxylic acids is 1. The molecule has 1 unspecified atom stereocenters. The number of aromatic nitrogens is 1. The van der Waals surface area contributed by atoms with Crippen LogP contribution in [0.15, 0.2) is 12.3 Å². The largest absolute Gasteiger partial charge is 0.379 e. The highest BCUT2D eigenvalue weighted by Gasteiger charge is 2.19. The van der Waals surface area contributed by atoms with Crippen LogP contribution in [0.25, 0.3) is 0 Å². The van der Waals surface area contributed by atoms with Gasteiger partial charge in [0.15, 0.2) is 11.0 Å². The van der Waals surface area contributed by atoms with Gasteiger partial charge in [0.05, 0.1) is 18.2 Å². The molecule has 1 amide bonds. The van der Waals surface area contributed by atoms with Gasteiger partial charge in [-0.2, -0.15) is 0 Å². The number of halogens is 2. The lowest BCUT2D eigenvalue weighted by Crippen LogP contribution is -2.35. The Hall–Kier alpha value is -1.20. The summed E-state index contributed by atoms with van der Waals surface area (Å²) in [6, 6.07) is 1.06. The van der Waals surface area contributed by atoms with Gasteiger partial charge >= 0.3 is 0 Å². The maximum absolute atomic E-state index is 13.1. The molecule has 1 aromatic rings. The maximum Gasteiger partial charge on any atom is 0.253 e. The van der Waals surface area contributed by atoms with Crippen LogP contribution < -0.4 is 5.32 Å². The van der Waals surface area contributed by atoms with Gasteiger partial charge in [-0.3, -0.25) is 4.79 Å². The van der Waals surface area contributed by atoms with Crippen molar-refractivity contribution in [1.29, 1.82) is 0 Å². The van der Waals surface area contributed by atoms with E-state index >= 15 is 0 Å². The third-order valence-corrected chi connectivity index (χ3v) is 2.60. The number of hydrogen-bond acceptors (Lipinski definition) is 3. The van der Waals surface area contributed by atoms with Crippen LogP contribution in [-0.2, 0) is 4.74 Å². The molecule has 0 spiro atoms. The Kier molecular flexibility index (Phi) is 3.36. The van der Waals surface area contributed by atoms with E-state index in [2.05, 4.69) is 10.3 Å². The Morgan fingerprint density at radius 1 is 1.69 bits per heavy atom. The molecule has 0 radical (unpaired) electrons. The third-order valence-electron chi connectivity index (χ3n) is 2.32. The van der Waals surface area contributed by atoms with E-state index in [1.54, 1.807) is 0 Å². The molecule has 86 valence electrons. The number of pyridine rings is 1. The quantitative estimate of drug-likeness (QED) is 0.800. The van der Waals surface area contributed by atoms with Crippen molar-refractivity contribution in [3.63, 3.8) is 0 Å². The molecule has 0 aromatic carbocycles. The van der Waals surface area contributed by atoms with E-state index in [9.17, 15) is 9.18 Å². The fourth-order valence-electron chi connectivity index (χ4n) is 1.46. The van der Waals surface area contributed by atoms with Crippen LogP contribution in [0.3, 0.4) is 0 Å². The van der Waals surface area contributed by atoms with Gasteiger partial charge in [-0.25, -0.2) is 9.37 Å². The van der Waals surface area contributed by atoms with Crippen LogP contribution in [0.2, 0.25) is 5.15 Å². The van der Waals surface area contributed by atoms with Gasteiger partial charge in [-0.05, 0) is 12.5 Å². The molecule has 1 N–H and O–H groups in total. The van der Waals surface area contributed by atoms with Gasteiger partial charge < -0.3 is 10.1 Å². The maximum atomic E-state index is 13.1. The summed E-state index contributed by atoms with van der Waals surface area (Å²) in [4.78, 5) is 15.2. The number of hydrogen-bond donors (Lipinski definition) is 1. The van der Waals surface area contributed by atoms with E-state index in [1.165, 1.54) is 6.20 Å². The van der Waals surface area contributed by atoms with Crippen LogP contribution in [0.5, 0.6) is 0 Å². The van der Waals surface area contributed by atoms with Crippen molar-refractivity contribution in [2.75, 3.05) is 13.2 Å². The molecule has 2 heterocycles. The lowest BCUT2D eigenvalue weighted by molar-refractivity contribution is 0.0929. The number of ether oxygens (including phenoxy) is 1. The lowest BCUT2D eigenvalue weighted by Gasteiger charge is -2.10. The van der Waals surface area contributed by atoms with Crippen molar-refractivity contribution >= 4 is 17.5 Å². The number of rotatable bonds is 2. The zero-order chi connectivity index (χ0) is 11.5. The zero-order valence-corrected chi connectivity index (χ0v) is 9.13. The van der Waals surface area contributed by atoms with Gasteiger partial charge in [0.1, 0.15) is 0 Å². The van der Waals surface area contributed by atoms with Gasteiger partial charge in [0, 0.05) is 12.8 Å². The van der Waals surface area contributed by atoms with Crippen molar-refractivity contribution in [3.8, 4) is 0 Å². The van der Waals surface area contributed by atoms with Crippen LogP contribution >= 0.6 is 11.6 Å². The Bertz CT molecular complexity index is 408. The summed E-state index contributed by atoms with van der Waals surface area (Å²) in [6.07, 6.45) is 2.02. The highest BCUT2D eigenvalue weighted by atomic mass is 35.5. The molecule has 2 rings (SSSR count). The fraction of sp³-hybridized carbons (Fsp3) is 0.400. The second kappa shape index (κ2) is 4.76. The predicted octanol–water partition coefficient (Wildman–Crippen LogP) is 1.39. The smallest absolute Gasteiger partial charge is 0.253 e. The highest BCUT2D eigenvalue weighted by molar-refractivity contribution is 6.29. The number of nitrogens with one attached hydrogen (secondary N) is 1. The molecule has 0 bridgehead atoms. The molecule has 1 saturated heterocycles. The average molecular weight is 245 g/mol. The summed E-state index contributed by atoms with van der Waals surface area (Å²) in [5, 5.41) is 2.49. The molecule has 1 aliphatic rings. The van der Waals surface area contributed by atoms with Crippen molar-refractivity contribution in [2.45, 2.75) is 12.5 Å². The van der Waals surface area contributed by atoms with Gasteiger partial charge in [-0.15, -0.1) is 0 Å². The van der Waals surface area contributed by atoms with Crippen LogP contribution in [0.4, 0.5) is 4.39 Å². The first kappa shape index (κ1) is 11.3. The first-order valence-corrected chi connectivity index (χ1v) is 5.24. The number of amides is 1. The summed E-state index contributed by atoms with van der Waals surface area (Å²) in [5.74, 6) is -1.06. The standard InChI is InChI=1S/C10H10ClFN2O2/c11-9-8(12)3-6(4-13-9)10(15)14-7-1-2-16-5-7/h3-4,7H,1-2,5H2,(H,14,15). The number of carbonyl (C=O) groups is 1. The molecule has 1 atom stereocenters. The second-order valence-electron chi connectivity index (χ2n) is 3.53. The fourth-order valence-corrected chi connectivity index (χ4v) is 1.57. The predicted molar refractivity (Wildman–Crippen MR) is 55.9 cm³/mol. The molecule has 1 aromatic heterocycles. The summed E-state index contributed by atoms with van der Waals surface area (Å²) >= 11 is 5.42. The monoisotopic (exact) mass is 244 g/mol. The van der Waals surface area contributed by atoms with E-state index in [1.807, 2.05) is 0 Å². The van der Waals surface area contributed by atoms with E-state index < -0.39 is 5.82 Å². The normalized spacial score (nSPS) is 19.8. The van der Waals surface area contributed by atoms with Crippen LogP contribution in [0.1, 0.15) is 16.8 Å². The van der Waals surface area contributed by atoms with Crippen molar-refractivity contribution < 1.29 is 13.9 Å². The van der Waals surface area contributed by atoms with Gasteiger partial charge in [0.2, 0.25) is 0 Å². The van der Waals surface area contributed by atoms with Crippen molar-refractivity contribution in [3.05, 3.63) is 28.8 Å². The molecule has 4 nitrogen and oxygen atoms in total. The van der Waals surface area contributed by atoms with E-state index in [4.69, 9.17) is 16.3 Å².